The number of aliphatic hydroxyl groups is 1. The SMILES string of the molecule is CC(C)n1ncc(Cl)c1C(O)c1ccccc1. The first-order valence-electron chi connectivity index (χ1n) is 5.57. The highest BCUT2D eigenvalue weighted by molar-refractivity contribution is 6.31. The maximum absolute atomic E-state index is 10.3. The van der Waals surface area contributed by atoms with Crippen molar-refractivity contribution >= 4 is 11.6 Å². The zero-order chi connectivity index (χ0) is 12.4. The first-order chi connectivity index (χ1) is 8.11. The Bertz CT molecular complexity index is 493. The fourth-order valence-corrected chi connectivity index (χ4v) is 2.04. The molecule has 0 saturated heterocycles. The zero-order valence-electron chi connectivity index (χ0n) is 9.84. The molecule has 4 heteroatoms. The molecule has 1 atom stereocenters. The van der Waals surface area contributed by atoms with Gasteiger partial charge in [0.25, 0.3) is 0 Å². The highest BCUT2D eigenvalue weighted by Crippen LogP contribution is 2.29. The molecule has 0 aliphatic rings. The van der Waals surface area contributed by atoms with Crippen LogP contribution < -0.4 is 0 Å². The van der Waals surface area contributed by atoms with E-state index in [1.165, 1.54) is 0 Å². The zero-order valence-corrected chi connectivity index (χ0v) is 10.6. The van der Waals surface area contributed by atoms with Crippen LogP contribution in [0.2, 0.25) is 5.02 Å². The van der Waals surface area contributed by atoms with Gasteiger partial charge in [0, 0.05) is 6.04 Å². The molecule has 0 radical (unpaired) electrons. The number of rotatable bonds is 3. The molecule has 2 rings (SSSR count). The van der Waals surface area contributed by atoms with Crippen molar-refractivity contribution in [1.82, 2.24) is 9.78 Å². The third-order valence-corrected chi connectivity index (χ3v) is 2.94. The van der Waals surface area contributed by atoms with Gasteiger partial charge in [-0.25, -0.2) is 0 Å². The lowest BCUT2D eigenvalue weighted by Crippen LogP contribution is -2.12. The van der Waals surface area contributed by atoms with Crippen LogP contribution >= 0.6 is 11.6 Å². The van der Waals surface area contributed by atoms with Gasteiger partial charge in [-0.1, -0.05) is 41.9 Å². The van der Waals surface area contributed by atoms with Crippen molar-refractivity contribution in [2.45, 2.75) is 26.0 Å². The number of hydrogen-bond acceptors (Lipinski definition) is 2. The average Bonchev–Trinajstić information content (AvgIpc) is 2.71. The molecule has 17 heavy (non-hydrogen) atoms. The number of aliphatic hydroxyl groups excluding tert-OH is 1. The van der Waals surface area contributed by atoms with Crippen LogP contribution in [0.1, 0.15) is 37.3 Å². The third-order valence-electron chi connectivity index (χ3n) is 2.65. The normalized spacial score (nSPS) is 13.0. The third kappa shape index (κ3) is 2.35. The van der Waals surface area contributed by atoms with Crippen molar-refractivity contribution in [2.24, 2.45) is 0 Å². The second-order valence-electron chi connectivity index (χ2n) is 4.23. The summed E-state index contributed by atoms with van der Waals surface area (Å²) in [5.41, 5.74) is 1.46. The molecular weight excluding hydrogens is 236 g/mol. The van der Waals surface area contributed by atoms with E-state index >= 15 is 0 Å². The molecule has 0 aliphatic heterocycles. The van der Waals surface area contributed by atoms with E-state index < -0.39 is 6.10 Å². The molecule has 1 aromatic heterocycles. The summed E-state index contributed by atoms with van der Waals surface area (Å²) in [6.45, 7) is 4.01. The van der Waals surface area contributed by atoms with E-state index in [-0.39, 0.29) is 6.04 Å². The van der Waals surface area contributed by atoms with Gasteiger partial charge >= 0.3 is 0 Å². The Morgan fingerprint density at radius 2 is 1.88 bits per heavy atom. The van der Waals surface area contributed by atoms with Crippen molar-refractivity contribution in [3.8, 4) is 0 Å². The van der Waals surface area contributed by atoms with Crippen LogP contribution in [0, 0.1) is 0 Å². The van der Waals surface area contributed by atoms with Crippen LogP contribution in [0.25, 0.3) is 0 Å². The lowest BCUT2D eigenvalue weighted by atomic mass is 10.1. The predicted molar refractivity (Wildman–Crippen MR) is 68.1 cm³/mol. The van der Waals surface area contributed by atoms with E-state index in [1.54, 1.807) is 10.9 Å². The van der Waals surface area contributed by atoms with E-state index in [4.69, 9.17) is 11.6 Å². The Labute approximate surface area is 106 Å². The highest BCUT2D eigenvalue weighted by atomic mass is 35.5. The average molecular weight is 251 g/mol. The first kappa shape index (κ1) is 12.1. The Balaban J connectivity index is 2.43. The molecule has 1 unspecified atom stereocenters. The summed E-state index contributed by atoms with van der Waals surface area (Å²) in [5, 5.41) is 15.0. The Hall–Kier alpha value is -1.32. The van der Waals surface area contributed by atoms with Gasteiger partial charge in [-0.15, -0.1) is 0 Å². The van der Waals surface area contributed by atoms with E-state index in [1.807, 2.05) is 44.2 Å². The van der Waals surface area contributed by atoms with Crippen LogP contribution in [0.5, 0.6) is 0 Å². The van der Waals surface area contributed by atoms with Gasteiger partial charge in [-0.3, -0.25) is 4.68 Å². The second-order valence-corrected chi connectivity index (χ2v) is 4.64. The van der Waals surface area contributed by atoms with E-state index in [0.29, 0.717) is 10.7 Å². The molecule has 1 heterocycles. The van der Waals surface area contributed by atoms with E-state index in [0.717, 1.165) is 5.56 Å². The van der Waals surface area contributed by atoms with Crippen LogP contribution in [0.4, 0.5) is 0 Å². The minimum atomic E-state index is -0.742. The van der Waals surface area contributed by atoms with Crippen LogP contribution in [0.15, 0.2) is 36.5 Å². The smallest absolute Gasteiger partial charge is 0.122 e. The molecular formula is C13H15ClN2O. The van der Waals surface area contributed by atoms with Crippen molar-refractivity contribution in [2.75, 3.05) is 0 Å². The Morgan fingerprint density at radius 1 is 1.24 bits per heavy atom. The van der Waals surface area contributed by atoms with Crippen LogP contribution in [-0.2, 0) is 0 Å². The molecule has 0 aliphatic carbocycles. The van der Waals surface area contributed by atoms with Gasteiger partial charge in [-0.2, -0.15) is 5.10 Å². The lowest BCUT2D eigenvalue weighted by Gasteiger charge is -2.16. The predicted octanol–water partition coefficient (Wildman–Crippen LogP) is 3.20. The number of nitrogens with zero attached hydrogens (tertiary/aromatic N) is 2. The number of benzene rings is 1. The molecule has 2 aromatic rings. The van der Waals surface area contributed by atoms with Gasteiger partial charge in [0.05, 0.1) is 16.9 Å². The highest BCUT2D eigenvalue weighted by Gasteiger charge is 2.20. The molecule has 3 nitrogen and oxygen atoms in total. The van der Waals surface area contributed by atoms with Crippen molar-refractivity contribution in [3.05, 3.63) is 52.8 Å². The maximum atomic E-state index is 10.3. The summed E-state index contributed by atoms with van der Waals surface area (Å²) in [7, 11) is 0. The fourth-order valence-electron chi connectivity index (χ4n) is 1.81. The van der Waals surface area contributed by atoms with Gasteiger partial charge < -0.3 is 5.11 Å². The Morgan fingerprint density at radius 3 is 2.47 bits per heavy atom. The standard InChI is InChI=1S/C13H15ClN2O/c1-9(2)16-12(11(14)8-15-16)13(17)10-6-4-3-5-7-10/h3-9,13,17H,1-2H3. The van der Waals surface area contributed by atoms with Gasteiger partial charge in [0.1, 0.15) is 6.10 Å². The van der Waals surface area contributed by atoms with Crippen molar-refractivity contribution in [3.63, 3.8) is 0 Å². The van der Waals surface area contributed by atoms with Gasteiger partial charge in [0.2, 0.25) is 0 Å². The molecule has 0 bridgehead atoms. The lowest BCUT2D eigenvalue weighted by molar-refractivity contribution is 0.205. The Kier molecular flexibility index (Phi) is 3.50. The van der Waals surface area contributed by atoms with Gasteiger partial charge in [-0.05, 0) is 19.4 Å². The molecule has 0 spiro atoms. The maximum Gasteiger partial charge on any atom is 0.122 e. The van der Waals surface area contributed by atoms with E-state index in [2.05, 4.69) is 5.10 Å². The summed E-state index contributed by atoms with van der Waals surface area (Å²) in [6.07, 6.45) is 0.830. The second kappa shape index (κ2) is 4.90. The van der Waals surface area contributed by atoms with Gasteiger partial charge in [0.15, 0.2) is 0 Å². The van der Waals surface area contributed by atoms with E-state index in [9.17, 15) is 5.11 Å². The molecule has 1 aromatic carbocycles. The monoisotopic (exact) mass is 250 g/mol. The number of hydrogen-bond donors (Lipinski definition) is 1. The molecule has 0 saturated carbocycles. The van der Waals surface area contributed by atoms with Crippen molar-refractivity contribution < 1.29 is 5.11 Å². The molecule has 90 valence electrons. The first-order valence-corrected chi connectivity index (χ1v) is 5.95. The summed E-state index contributed by atoms with van der Waals surface area (Å²) in [4.78, 5) is 0. The summed E-state index contributed by atoms with van der Waals surface area (Å²) in [5.74, 6) is 0. The minimum Gasteiger partial charge on any atom is -0.382 e. The largest absolute Gasteiger partial charge is 0.382 e. The summed E-state index contributed by atoms with van der Waals surface area (Å²) in [6, 6.07) is 9.61. The fraction of sp³-hybridized carbons (Fsp3) is 0.308. The van der Waals surface area contributed by atoms with Crippen LogP contribution in [-0.4, -0.2) is 14.9 Å². The van der Waals surface area contributed by atoms with Crippen LogP contribution in [0.3, 0.4) is 0 Å². The topological polar surface area (TPSA) is 38.0 Å². The number of aromatic nitrogens is 2. The summed E-state index contributed by atoms with van der Waals surface area (Å²) >= 11 is 6.09. The quantitative estimate of drug-likeness (QED) is 0.909. The molecule has 0 fully saturated rings. The molecule has 1 N–H and O–H groups in total. The minimum absolute atomic E-state index is 0.163. The van der Waals surface area contributed by atoms with Crippen molar-refractivity contribution in [1.29, 1.82) is 0 Å². The number of halogens is 1. The molecule has 0 amide bonds. The summed E-state index contributed by atoms with van der Waals surface area (Å²) < 4.78 is 1.75.